The molecule has 0 bridgehead atoms. The number of likely N-dealkylation sites (tertiary alicyclic amines) is 1. The van der Waals surface area contributed by atoms with E-state index in [9.17, 15) is 14.0 Å². The van der Waals surface area contributed by atoms with E-state index in [0.29, 0.717) is 50.6 Å². The number of carbonyl (C=O) groups is 2. The fraction of sp³-hybridized carbons (Fsp3) is 0.611. The van der Waals surface area contributed by atoms with Gasteiger partial charge in [0, 0.05) is 38.3 Å². The molecule has 2 saturated heterocycles. The molecular weight excluding hydrogens is 571 g/mol. The molecule has 0 spiro atoms. The number of halogens is 1. The minimum atomic E-state index is -0.628. The number of benzene rings is 2. The van der Waals surface area contributed by atoms with Crippen molar-refractivity contribution in [2.75, 3.05) is 52.4 Å². The van der Waals surface area contributed by atoms with Crippen LogP contribution in [0.4, 0.5) is 9.18 Å². The van der Waals surface area contributed by atoms with Crippen LogP contribution in [0, 0.1) is 17.7 Å². The van der Waals surface area contributed by atoms with Crippen molar-refractivity contribution in [2.24, 2.45) is 11.8 Å². The molecule has 45 heavy (non-hydrogen) atoms. The van der Waals surface area contributed by atoms with Crippen molar-refractivity contribution in [2.45, 2.75) is 77.5 Å². The van der Waals surface area contributed by atoms with Crippen LogP contribution in [-0.4, -0.2) is 85.2 Å². The Morgan fingerprint density at radius 3 is 2.33 bits per heavy atom. The van der Waals surface area contributed by atoms with E-state index in [1.165, 1.54) is 44.6 Å². The van der Waals surface area contributed by atoms with E-state index in [1.54, 1.807) is 12.1 Å². The van der Waals surface area contributed by atoms with Crippen molar-refractivity contribution < 1.29 is 23.5 Å². The fourth-order valence-electron chi connectivity index (χ4n) is 7.15. The summed E-state index contributed by atoms with van der Waals surface area (Å²) in [5.41, 5.74) is 1.45. The summed E-state index contributed by atoms with van der Waals surface area (Å²) < 4.78 is 25.9. The van der Waals surface area contributed by atoms with Gasteiger partial charge in [-0.1, -0.05) is 68.5 Å². The van der Waals surface area contributed by atoms with E-state index in [-0.39, 0.29) is 24.2 Å². The standard InChI is InChI=1S/C36H51FN4O4/c1-2-44-33-15-9-14-32(37)31(33)26-40-22-24-41(25-23-40)35(42)34(38-36(43)45-27-29-12-7-4-8-13-29)30-17-20-39(21-18-30)19-16-28-10-5-3-6-11-28/h4,7-9,12-15,28,30,34H,2-3,5-6,10-11,16-27H2,1H3,(H,38,43)/t34-/m1/s1. The van der Waals surface area contributed by atoms with Gasteiger partial charge in [-0.2, -0.15) is 0 Å². The van der Waals surface area contributed by atoms with E-state index < -0.39 is 12.1 Å². The number of nitrogens with one attached hydrogen (secondary N) is 1. The maximum Gasteiger partial charge on any atom is 0.408 e. The third kappa shape index (κ3) is 9.66. The van der Waals surface area contributed by atoms with Gasteiger partial charge in [-0.3, -0.25) is 9.69 Å². The summed E-state index contributed by atoms with van der Waals surface area (Å²) in [6, 6.07) is 13.9. The highest BCUT2D eigenvalue weighted by molar-refractivity contribution is 5.86. The van der Waals surface area contributed by atoms with Crippen LogP contribution in [-0.2, 0) is 22.7 Å². The van der Waals surface area contributed by atoms with E-state index in [2.05, 4.69) is 15.1 Å². The van der Waals surface area contributed by atoms with Gasteiger partial charge in [0.05, 0.1) is 6.61 Å². The molecule has 1 atom stereocenters. The zero-order valence-corrected chi connectivity index (χ0v) is 26.9. The molecule has 3 aliphatic rings. The second-order valence-electron chi connectivity index (χ2n) is 12.9. The molecule has 3 fully saturated rings. The molecule has 5 rings (SSSR count). The highest BCUT2D eigenvalue weighted by Crippen LogP contribution is 2.29. The molecule has 2 amide bonds. The van der Waals surface area contributed by atoms with Crippen molar-refractivity contribution in [1.82, 2.24) is 20.0 Å². The van der Waals surface area contributed by atoms with Gasteiger partial charge in [0.1, 0.15) is 24.2 Å². The molecule has 2 aromatic rings. The number of piperazine rings is 1. The number of nitrogens with zero attached hydrogens (tertiary/aromatic N) is 3. The maximum absolute atomic E-state index is 14.7. The molecule has 2 aromatic carbocycles. The molecule has 8 nitrogen and oxygen atoms in total. The summed E-state index contributed by atoms with van der Waals surface area (Å²) in [7, 11) is 0. The minimum absolute atomic E-state index is 0.0483. The summed E-state index contributed by atoms with van der Waals surface area (Å²) >= 11 is 0. The lowest BCUT2D eigenvalue weighted by Crippen LogP contribution is -2.58. The third-order valence-electron chi connectivity index (χ3n) is 9.88. The van der Waals surface area contributed by atoms with E-state index in [0.717, 1.165) is 44.0 Å². The second-order valence-corrected chi connectivity index (χ2v) is 12.9. The molecule has 9 heteroatoms. The molecule has 246 valence electrons. The van der Waals surface area contributed by atoms with Crippen LogP contribution >= 0.6 is 0 Å². The van der Waals surface area contributed by atoms with Crippen LogP contribution in [0.1, 0.15) is 69.4 Å². The van der Waals surface area contributed by atoms with Crippen molar-refractivity contribution in [3.8, 4) is 5.75 Å². The number of ether oxygens (including phenoxy) is 2. The average Bonchev–Trinajstić information content (AvgIpc) is 3.08. The third-order valence-corrected chi connectivity index (χ3v) is 9.88. The van der Waals surface area contributed by atoms with Crippen LogP contribution in [0.2, 0.25) is 0 Å². The smallest absolute Gasteiger partial charge is 0.408 e. The molecule has 2 aliphatic heterocycles. The summed E-state index contributed by atoms with van der Waals surface area (Å²) in [5.74, 6) is 1.16. The van der Waals surface area contributed by atoms with Crippen molar-refractivity contribution in [3.05, 3.63) is 65.5 Å². The molecule has 0 radical (unpaired) electrons. The molecule has 2 heterocycles. The zero-order chi connectivity index (χ0) is 31.4. The van der Waals surface area contributed by atoms with Gasteiger partial charge in [0.25, 0.3) is 0 Å². The van der Waals surface area contributed by atoms with Crippen molar-refractivity contribution in [1.29, 1.82) is 0 Å². The molecule has 1 saturated carbocycles. The maximum atomic E-state index is 14.7. The van der Waals surface area contributed by atoms with Crippen LogP contribution in [0.25, 0.3) is 0 Å². The Balaban J connectivity index is 1.17. The second kappa shape index (κ2) is 16.9. The monoisotopic (exact) mass is 622 g/mol. The first-order valence-corrected chi connectivity index (χ1v) is 17.1. The Bertz CT molecular complexity index is 1210. The Kier molecular flexibility index (Phi) is 12.5. The Hall–Kier alpha value is -3.17. The lowest BCUT2D eigenvalue weighted by Gasteiger charge is -2.40. The largest absolute Gasteiger partial charge is 0.493 e. The molecule has 0 aromatic heterocycles. The van der Waals surface area contributed by atoms with Gasteiger partial charge in [-0.05, 0) is 75.4 Å². The van der Waals surface area contributed by atoms with Crippen LogP contribution in [0.3, 0.4) is 0 Å². The SMILES string of the molecule is CCOc1cccc(F)c1CN1CCN(C(=O)[C@H](NC(=O)OCc2ccccc2)C2CCN(CCC3CCCCC3)CC2)CC1. The number of rotatable bonds is 12. The number of hydrogen-bond donors (Lipinski definition) is 1. The first-order valence-electron chi connectivity index (χ1n) is 17.1. The summed E-state index contributed by atoms with van der Waals surface area (Å²) in [5, 5.41) is 2.98. The highest BCUT2D eigenvalue weighted by Gasteiger charge is 2.37. The van der Waals surface area contributed by atoms with Crippen LogP contribution in [0.15, 0.2) is 48.5 Å². The molecular formula is C36H51FN4O4. The van der Waals surface area contributed by atoms with Crippen LogP contribution in [0.5, 0.6) is 5.75 Å². The minimum Gasteiger partial charge on any atom is -0.493 e. The topological polar surface area (TPSA) is 74.3 Å². The van der Waals surface area contributed by atoms with Gasteiger partial charge in [0.2, 0.25) is 5.91 Å². The van der Waals surface area contributed by atoms with E-state index >= 15 is 0 Å². The van der Waals surface area contributed by atoms with Gasteiger partial charge in [0.15, 0.2) is 0 Å². The van der Waals surface area contributed by atoms with Crippen molar-refractivity contribution in [3.63, 3.8) is 0 Å². The molecule has 1 aliphatic carbocycles. The summed E-state index contributed by atoms with van der Waals surface area (Å²) in [6.07, 6.45) is 9.29. The summed E-state index contributed by atoms with van der Waals surface area (Å²) in [4.78, 5) is 33.6. The molecule has 1 N–H and O–H groups in total. The quantitative estimate of drug-likeness (QED) is 0.321. The van der Waals surface area contributed by atoms with Gasteiger partial charge >= 0.3 is 6.09 Å². The first-order chi connectivity index (χ1) is 22.0. The van der Waals surface area contributed by atoms with E-state index in [4.69, 9.17) is 9.47 Å². The Labute approximate surface area is 268 Å². The number of carbonyl (C=O) groups excluding carboxylic acids is 2. The average molecular weight is 623 g/mol. The van der Waals surface area contributed by atoms with E-state index in [1.807, 2.05) is 42.2 Å². The Morgan fingerprint density at radius 1 is 0.889 bits per heavy atom. The number of alkyl carbamates (subject to hydrolysis) is 1. The first kappa shape index (κ1) is 33.2. The number of hydrogen-bond acceptors (Lipinski definition) is 6. The predicted molar refractivity (Wildman–Crippen MR) is 173 cm³/mol. The Morgan fingerprint density at radius 2 is 1.62 bits per heavy atom. The lowest BCUT2D eigenvalue weighted by atomic mass is 9.85. The normalized spacial score (nSPS) is 19.6. The summed E-state index contributed by atoms with van der Waals surface area (Å²) in [6.45, 7) is 8.25. The highest BCUT2D eigenvalue weighted by atomic mass is 19.1. The van der Waals surface area contributed by atoms with Crippen LogP contribution < -0.4 is 10.1 Å². The van der Waals surface area contributed by atoms with Crippen molar-refractivity contribution >= 4 is 12.0 Å². The van der Waals surface area contributed by atoms with Gasteiger partial charge in [-0.25, -0.2) is 9.18 Å². The predicted octanol–water partition coefficient (Wildman–Crippen LogP) is 5.85. The number of amides is 2. The zero-order valence-electron chi connectivity index (χ0n) is 26.9. The lowest BCUT2D eigenvalue weighted by molar-refractivity contribution is -0.137. The molecule has 0 unspecified atom stereocenters. The fourth-order valence-corrected chi connectivity index (χ4v) is 7.15. The van der Waals surface area contributed by atoms with Gasteiger partial charge < -0.3 is 24.6 Å². The number of piperidine rings is 1. The van der Waals surface area contributed by atoms with Gasteiger partial charge in [-0.15, -0.1) is 0 Å².